The minimum absolute atomic E-state index is 0.210. The Balaban J connectivity index is 2.57. The third-order valence-electron chi connectivity index (χ3n) is 1.86. The standard InChI is InChI=1S/C9H5F3IN3/c10-9(11,12)7-2-1-3-14-8(7)16-5-6(13)4-15-16/h1-5H. The second-order valence-electron chi connectivity index (χ2n) is 2.98. The summed E-state index contributed by atoms with van der Waals surface area (Å²) < 4.78 is 39.8. The molecule has 3 nitrogen and oxygen atoms in total. The molecule has 0 aliphatic carbocycles. The lowest BCUT2D eigenvalue weighted by Crippen LogP contribution is -2.12. The molecule has 0 saturated carbocycles. The van der Waals surface area contributed by atoms with E-state index in [1.54, 1.807) is 0 Å². The van der Waals surface area contributed by atoms with Gasteiger partial charge in [-0.05, 0) is 34.7 Å². The minimum Gasteiger partial charge on any atom is -0.237 e. The van der Waals surface area contributed by atoms with Crippen LogP contribution in [0.2, 0.25) is 0 Å². The second-order valence-corrected chi connectivity index (χ2v) is 4.22. The summed E-state index contributed by atoms with van der Waals surface area (Å²) in [6.07, 6.45) is -0.173. The topological polar surface area (TPSA) is 30.7 Å². The number of halogens is 4. The Kier molecular flexibility index (Phi) is 2.87. The fourth-order valence-electron chi connectivity index (χ4n) is 1.22. The van der Waals surface area contributed by atoms with Crippen LogP contribution in [0.25, 0.3) is 5.82 Å². The van der Waals surface area contributed by atoms with Gasteiger partial charge in [-0.25, -0.2) is 9.67 Å². The highest BCUT2D eigenvalue weighted by molar-refractivity contribution is 14.1. The van der Waals surface area contributed by atoms with Crippen molar-refractivity contribution >= 4 is 22.6 Å². The number of hydrogen-bond acceptors (Lipinski definition) is 2. The number of rotatable bonds is 1. The number of alkyl halides is 3. The van der Waals surface area contributed by atoms with Crippen LogP contribution in [0, 0.1) is 3.57 Å². The molecule has 0 bridgehead atoms. The molecule has 0 radical (unpaired) electrons. The van der Waals surface area contributed by atoms with E-state index in [9.17, 15) is 13.2 Å². The van der Waals surface area contributed by atoms with Gasteiger partial charge in [-0.2, -0.15) is 18.3 Å². The Morgan fingerprint density at radius 3 is 2.62 bits per heavy atom. The van der Waals surface area contributed by atoms with Gasteiger partial charge in [-0.3, -0.25) is 0 Å². The van der Waals surface area contributed by atoms with Crippen molar-refractivity contribution in [2.45, 2.75) is 6.18 Å². The van der Waals surface area contributed by atoms with E-state index < -0.39 is 11.7 Å². The van der Waals surface area contributed by atoms with Gasteiger partial charge in [0.05, 0.1) is 9.77 Å². The summed E-state index contributed by atoms with van der Waals surface area (Å²) in [5.74, 6) is -0.210. The molecular formula is C9H5F3IN3. The molecule has 0 spiro atoms. The summed E-state index contributed by atoms with van der Waals surface area (Å²) in [7, 11) is 0. The van der Waals surface area contributed by atoms with Crippen LogP contribution in [-0.2, 0) is 6.18 Å². The lowest BCUT2D eigenvalue weighted by molar-refractivity contribution is -0.137. The molecule has 16 heavy (non-hydrogen) atoms. The summed E-state index contributed by atoms with van der Waals surface area (Å²) in [4.78, 5) is 3.71. The summed E-state index contributed by atoms with van der Waals surface area (Å²) >= 11 is 1.97. The molecule has 2 aromatic heterocycles. The molecule has 0 aromatic carbocycles. The third kappa shape index (κ3) is 2.18. The highest BCUT2D eigenvalue weighted by Crippen LogP contribution is 2.32. The van der Waals surface area contributed by atoms with Gasteiger partial charge in [0.1, 0.15) is 5.56 Å². The molecule has 0 amide bonds. The van der Waals surface area contributed by atoms with Crippen molar-refractivity contribution in [1.29, 1.82) is 0 Å². The van der Waals surface area contributed by atoms with Gasteiger partial charge in [0.25, 0.3) is 0 Å². The molecule has 0 N–H and O–H groups in total. The van der Waals surface area contributed by atoms with Gasteiger partial charge < -0.3 is 0 Å². The van der Waals surface area contributed by atoms with Crippen LogP contribution in [0.3, 0.4) is 0 Å². The highest BCUT2D eigenvalue weighted by atomic mass is 127. The molecule has 2 heterocycles. The van der Waals surface area contributed by atoms with E-state index in [4.69, 9.17) is 0 Å². The van der Waals surface area contributed by atoms with Crippen molar-refractivity contribution in [2.75, 3.05) is 0 Å². The molecule has 84 valence electrons. The first-order chi connectivity index (χ1) is 7.48. The first kappa shape index (κ1) is 11.4. The fourth-order valence-corrected chi connectivity index (χ4v) is 1.61. The molecule has 2 aromatic rings. The molecule has 0 aliphatic rings. The van der Waals surface area contributed by atoms with E-state index in [-0.39, 0.29) is 5.82 Å². The Morgan fingerprint density at radius 2 is 2.06 bits per heavy atom. The van der Waals surface area contributed by atoms with Crippen molar-refractivity contribution in [1.82, 2.24) is 14.8 Å². The Morgan fingerprint density at radius 1 is 1.31 bits per heavy atom. The second kappa shape index (κ2) is 4.04. The molecule has 2 rings (SSSR count). The van der Waals surface area contributed by atoms with Gasteiger partial charge in [-0.15, -0.1) is 0 Å². The minimum atomic E-state index is -4.43. The van der Waals surface area contributed by atoms with Crippen molar-refractivity contribution in [3.63, 3.8) is 0 Å². The van der Waals surface area contributed by atoms with Crippen molar-refractivity contribution < 1.29 is 13.2 Å². The maximum Gasteiger partial charge on any atom is 0.420 e. The first-order valence-corrected chi connectivity index (χ1v) is 5.29. The van der Waals surface area contributed by atoms with E-state index in [1.807, 2.05) is 22.6 Å². The molecule has 0 atom stereocenters. The molecule has 0 unspecified atom stereocenters. The van der Waals surface area contributed by atoms with Gasteiger partial charge in [0.15, 0.2) is 5.82 Å². The van der Waals surface area contributed by atoms with Gasteiger partial charge in [0.2, 0.25) is 0 Å². The van der Waals surface area contributed by atoms with Crippen LogP contribution in [0.1, 0.15) is 5.56 Å². The van der Waals surface area contributed by atoms with Gasteiger partial charge in [-0.1, -0.05) is 0 Å². The molecular weight excluding hydrogens is 334 g/mol. The smallest absolute Gasteiger partial charge is 0.237 e. The van der Waals surface area contributed by atoms with Crippen LogP contribution < -0.4 is 0 Å². The van der Waals surface area contributed by atoms with Gasteiger partial charge in [0, 0.05) is 12.4 Å². The van der Waals surface area contributed by atoms with E-state index in [1.165, 1.54) is 24.7 Å². The fraction of sp³-hybridized carbons (Fsp3) is 0.111. The van der Waals surface area contributed by atoms with Crippen molar-refractivity contribution in [3.05, 3.63) is 39.9 Å². The Hall–Kier alpha value is -1.12. The Bertz CT molecular complexity index is 507. The third-order valence-corrected chi connectivity index (χ3v) is 2.42. The van der Waals surface area contributed by atoms with Crippen LogP contribution in [0.5, 0.6) is 0 Å². The molecule has 0 saturated heterocycles. The average molecular weight is 339 g/mol. The van der Waals surface area contributed by atoms with E-state index in [2.05, 4.69) is 10.1 Å². The Labute approximate surface area is 102 Å². The summed E-state index contributed by atoms with van der Waals surface area (Å²) in [5.41, 5.74) is -0.797. The summed E-state index contributed by atoms with van der Waals surface area (Å²) in [5, 5.41) is 3.81. The van der Waals surface area contributed by atoms with E-state index in [0.717, 1.165) is 14.3 Å². The number of hydrogen-bond donors (Lipinski definition) is 0. The summed E-state index contributed by atoms with van der Waals surface area (Å²) in [6, 6.07) is 2.23. The zero-order chi connectivity index (χ0) is 11.8. The van der Waals surface area contributed by atoms with Crippen molar-refractivity contribution in [2.24, 2.45) is 0 Å². The van der Waals surface area contributed by atoms with Crippen LogP contribution in [0.15, 0.2) is 30.7 Å². The predicted molar refractivity (Wildman–Crippen MR) is 59.1 cm³/mol. The average Bonchev–Trinajstić information content (AvgIpc) is 2.64. The van der Waals surface area contributed by atoms with Crippen LogP contribution in [-0.4, -0.2) is 14.8 Å². The van der Waals surface area contributed by atoms with Crippen LogP contribution in [0.4, 0.5) is 13.2 Å². The number of pyridine rings is 1. The van der Waals surface area contributed by atoms with E-state index >= 15 is 0 Å². The molecule has 7 heteroatoms. The van der Waals surface area contributed by atoms with Crippen LogP contribution >= 0.6 is 22.6 Å². The number of nitrogens with zero attached hydrogens (tertiary/aromatic N) is 3. The number of aromatic nitrogens is 3. The first-order valence-electron chi connectivity index (χ1n) is 4.21. The van der Waals surface area contributed by atoms with E-state index in [0.29, 0.717) is 0 Å². The lowest BCUT2D eigenvalue weighted by Gasteiger charge is -2.10. The zero-order valence-corrected chi connectivity index (χ0v) is 9.90. The maximum absolute atomic E-state index is 12.7. The highest BCUT2D eigenvalue weighted by Gasteiger charge is 2.34. The van der Waals surface area contributed by atoms with Crippen molar-refractivity contribution in [3.8, 4) is 5.82 Å². The van der Waals surface area contributed by atoms with Gasteiger partial charge >= 0.3 is 6.18 Å². The molecule has 0 aliphatic heterocycles. The normalized spacial score (nSPS) is 11.8. The largest absolute Gasteiger partial charge is 0.420 e. The monoisotopic (exact) mass is 339 g/mol. The zero-order valence-electron chi connectivity index (χ0n) is 7.74. The lowest BCUT2D eigenvalue weighted by atomic mass is 10.2. The quantitative estimate of drug-likeness (QED) is 0.748. The molecule has 0 fully saturated rings. The maximum atomic E-state index is 12.7. The SMILES string of the molecule is FC(F)(F)c1cccnc1-n1cc(I)cn1. The predicted octanol–water partition coefficient (Wildman–Crippen LogP) is 2.89. The summed E-state index contributed by atoms with van der Waals surface area (Å²) in [6.45, 7) is 0.